The van der Waals surface area contributed by atoms with Gasteiger partial charge in [-0.15, -0.1) is 11.8 Å². The average Bonchev–Trinajstić information content (AvgIpc) is 2.53. The van der Waals surface area contributed by atoms with Gasteiger partial charge < -0.3 is 10.6 Å². The first-order valence-corrected chi connectivity index (χ1v) is 8.46. The van der Waals surface area contributed by atoms with Crippen LogP contribution in [0.4, 0.5) is 5.69 Å². The van der Waals surface area contributed by atoms with E-state index >= 15 is 0 Å². The minimum atomic E-state index is -0.179. The molecular weight excluding hydrogens is 312 g/mol. The number of likely N-dealkylation sites (N-methyl/N-ethyl adjacent to an activating group) is 2. The van der Waals surface area contributed by atoms with Crippen molar-refractivity contribution in [1.82, 2.24) is 10.2 Å². The molecule has 0 saturated carbocycles. The number of thioether (sulfide) groups is 1. The number of nitrogens with zero attached hydrogens (tertiary/aromatic N) is 2. The number of para-hydroxylation sites is 1. The number of nitrogens with one attached hydrogen (secondary N) is 2. The fourth-order valence-electron chi connectivity index (χ4n) is 1.93. The number of hydrogen-bond donors (Lipinski definition) is 2. The van der Waals surface area contributed by atoms with Gasteiger partial charge in [-0.25, -0.2) is 0 Å². The van der Waals surface area contributed by atoms with Gasteiger partial charge in [0, 0.05) is 11.4 Å². The maximum Gasteiger partial charge on any atom is 0.238 e. The molecule has 124 valence electrons. The molecule has 0 bridgehead atoms. The quantitative estimate of drug-likeness (QED) is 0.671. The Morgan fingerprint density at radius 3 is 2.57 bits per heavy atom. The van der Waals surface area contributed by atoms with Crippen LogP contribution in [0.5, 0.6) is 0 Å². The molecule has 1 rings (SSSR count). The van der Waals surface area contributed by atoms with E-state index in [4.69, 9.17) is 5.26 Å². The number of carbonyl (C=O) groups excluding carboxylic acids is 2. The fourth-order valence-corrected chi connectivity index (χ4v) is 2.60. The Hall–Kier alpha value is -2.04. The van der Waals surface area contributed by atoms with Crippen molar-refractivity contribution in [3.8, 4) is 6.07 Å². The summed E-state index contributed by atoms with van der Waals surface area (Å²) in [4.78, 5) is 26.4. The van der Waals surface area contributed by atoms with Gasteiger partial charge in [0.05, 0.1) is 30.6 Å². The summed E-state index contributed by atoms with van der Waals surface area (Å²) in [6.45, 7) is 5.29. The number of rotatable bonds is 9. The summed E-state index contributed by atoms with van der Waals surface area (Å²) in [5.74, 6) is 0.0545. The van der Waals surface area contributed by atoms with Crippen molar-refractivity contribution in [3.63, 3.8) is 0 Å². The van der Waals surface area contributed by atoms with E-state index in [9.17, 15) is 9.59 Å². The Morgan fingerprint density at radius 2 is 1.91 bits per heavy atom. The third kappa shape index (κ3) is 7.17. The zero-order chi connectivity index (χ0) is 17.1. The van der Waals surface area contributed by atoms with E-state index in [0.29, 0.717) is 24.5 Å². The monoisotopic (exact) mass is 334 g/mol. The standard InChI is InChI=1S/C16H22N4O2S/c1-3-18-15(21)11-20(4-2)12-16(22)19-13-7-5-6-8-14(13)23-10-9-17/h5-8H,3-4,10-12H2,1-2H3,(H,18,21)(H,19,22). The molecule has 0 fully saturated rings. The first-order valence-electron chi connectivity index (χ1n) is 7.48. The van der Waals surface area contributed by atoms with Crippen molar-refractivity contribution in [2.45, 2.75) is 18.7 Å². The van der Waals surface area contributed by atoms with E-state index < -0.39 is 0 Å². The molecule has 0 saturated heterocycles. The van der Waals surface area contributed by atoms with Crippen LogP contribution in [0.1, 0.15) is 13.8 Å². The van der Waals surface area contributed by atoms with Gasteiger partial charge in [-0.2, -0.15) is 5.26 Å². The number of hydrogen-bond acceptors (Lipinski definition) is 5. The van der Waals surface area contributed by atoms with Gasteiger partial charge in [-0.3, -0.25) is 14.5 Å². The first kappa shape index (κ1) is 19.0. The highest BCUT2D eigenvalue weighted by atomic mass is 32.2. The van der Waals surface area contributed by atoms with E-state index in [1.165, 1.54) is 11.8 Å². The largest absolute Gasteiger partial charge is 0.355 e. The van der Waals surface area contributed by atoms with Gasteiger partial charge in [0.1, 0.15) is 0 Å². The summed E-state index contributed by atoms with van der Waals surface area (Å²) in [7, 11) is 0. The van der Waals surface area contributed by atoms with Gasteiger partial charge in [-0.1, -0.05) is 19.1 Å². The Morgan fingerprint density at radius 1 is 1.22 bits per heavy atom. The van der Waals surface area contributed by atoms with Crippen molar-refractivity contribution < 1.29 is 9.59 Å². The topological polar surface area (TPSA) is 85.2 Å². The molecule has 0 unspecified atom stereocenters. The fraction of sp³-hybridized carbons (Fsp3) is 0.438. The Bertz CT molecular complexity index is 571. The van der Waals surface area contributed by atoms with Gasteiger partial charge in [-0.05, 0) is 25.6 Å². The second-order valence-corrected chi connectivity index (χ2v) is 5.77. The summed E-state index contributed by atoms with van der Waals surface area (Å²) in [5.41, 5.74) is 0.687. The second kappa shape index (κ2) is 10.6. The lowest BCUT2D eigenvalue weighted by Gasteiger charge is -2.19. The van der Waals surface area contributed by atoms with Crippen LogP contribution in [0, 0.1) is 11.3 Å². The summed E-state index contributed by atoms with van der Waals surface area (Å²) >= 11 is 1.38. The average molecular weight is 334 g/mol. The predicted molar refractivity (Wildman–Crippen MR) is 92.2 cm³/mol. The number of amides is 2. The third-order valence-corrected chi connectivity index (χ3v) is 3.95. The molecule has 0 heterocycles. The van der Waals surface area contributed by atoms with Crippen molar-refractivity contribution in [3.05, 3.63) is 24.3 Å². The summed E-state index contributed by atoms with van der Waals surface area (Å²) in [5, 5.41) is 14.2. The van der Waals surface area contributed by atoms with Crippen molar-refractivity contribution in [1.29, 1.82) is 5.26 Å². The highest BCUT2D eigenvalue weighted by Crippen LogP contribution is 2.26. The molecule has 0 aliphatic carbocycles. The molecule has 0 aliphatic heterocycles. The van der Waals surface area contributed by atoms with Crippen LogP contribution in [0.25, 0.3) is 0 Å². The minimum Gasteiger partial charge on any atom is -0.355 e. The molecule has 0 aliphatic rings. The SMILES string of the molecule is CCNC(=O)CN(CC)CC(=O)Nc1ccccc1SCC#N. The van der Waals surface area contributed by atoms with Crippen LogP contribution in [0.2, 0.25) is 0 Å². The number of nitriles is 1. The van der Waals surface area contributed by atoms with Crippen LogP contribution in [-0.2, 0) is 9.59 Å². The maximum absolute atomic E-state index is 12.2. The van der Waals surface area contributed by atoms with E-state index in [1.807, 2.05) is 32.0 Å². The van der Waals surface area contributed by atoms with Crippen LogP contribution in [-0.4, -0.2) is 48.6 Å². The van der Waals surface area contributed by atoms with Crippen LogP contribution in [0.3, 0.4) is 0 Å². The Kier molecular flexibility index (Phi) is 8.80. The lowest BCUT2D eigenvalue weighted by molar-refractivity contribution is -0.123. The zero-order valence-corrected chi connectivity index (χ0v) is 14.3. The van der Waals surface area contributed by atoms with Crippen LogP contribution < -0.4 is 10.6 Å². The van der Waals surface area contributed by atoms with E-state index in [1.54, 1.807) is 11.0 Å². The molecule has 2 amide bonds. The van der Waals surface area contributed by atoms with Gasteiger partial charge in [0.2, 0.25) is 11.8 Å². The number of carbonyl (C=O) groups is 2. The molecule has 0 aromatic heterocycles. The van der Waals surface area contributed by atoms with Crippen LogP contribution in [0.15, 0.2) is 29.2 Å². The number of anilines is 1. The molecule has 23 heavy (non-hydrogen) atoms. The maximum atomic E-state index is 12.2. The van der Waals surface area contributed by atoms with Gasteiger partial charge in [0.15, 0.2) is 0 Å². The predicted octanol–water partition coefficient (Wildman–Crippen LogP) is 1.70. The second-order valence-electron chi connectivity index (χ2n) is 4.75. The van der Waals surface area contributed by atoms with Gasteiger partial charge >= 0.3 is 0 Å². The highest BCUT2D eigenvalue weighted by molar-refractivity contribution is 7.99. The lowest BCUT2D eigenvalue weighted by atomic mass is 10.3. The Labute approximate surface area is 141 Å². The summed E-state index contributed by atoms with van der Waals surface area (Å²) in [6, 6.07) is 9.43. The summed E-state index contributed by atoms with van der Waals surface area (Å²) in [6.07, 6.45) is 0. The summed E-state index contributed by atoms with van der Waals surface area (Å²) < 4.78 is 0. The molecule has 1 aromatic carbocycles. The van der Waals surface area contributed by atoms with Gasteiger partial charge in [0.25, 0.3) is 0 Å². The lowest BCUT2D eigenvalue weighted by Crippen LogP contribution is -2.41. The van der Waals surface area contributed by atoms with E-state index in [0.717, 1.165) is 4.90 Å². The number of benzene rings is 1. The highest BCUT2D eigenvalue weighted by Gasteiger charge is 2.14. The normalized spacial score (nSPS) is 10.2. The molecule has 0 spiro atoms. The van der Waals surface area contributed by atoms with Crippen molar-refractivity contribution >= 4 is 29.3 Å². The Balaban J connectivity index is 2.61. The molecule has 0 atom stereocenters. The molecule has 2 N–H and O–H groups in total. The van der Waals surface area contributed by atoms with E-state index in [2.05, 4.69) is 16.7 Å². The third-order valence-electron chi connectivity index (χ3n) is 3.01. The molecule has 1 aromatic rings. The van der Waals surface area contributed by atoms with Crippen molar-refractivity contribution in [2.75, 3.05) is 37.2 Å². The zero-order valence-electron chi connectivity index (χ0n) is 13.5. The smallest absolute Gasteiger partial charge is 0.238 e. The minimum absolute atomic E-state index is 0.0906. The molecule has 6 nitrogen and oxygen atoms in total. The first-order chi connectivity index (χ1) is 11.1. The van der Waals surface area contributed by atoms with Crippen molar-refractivity contribution in [2.24, 2.45) is 0 Å². The van der Waals surface area contributed by atoms with Crippen LogP contribution >= 0.6 is 11.8 Å². The van der Waals surface area contributed by atoms with E-state index in [-0.39, 0.29) is 24.9 Å². The molecule has 7 heteroatoms. The molecule has 0 radical (unpaired) electrons. The molecular formula is C16H22N4O2S.